The minimum atomic E-state index is -0.149. The number of aromatic nitrogens is 2. The molecule has 0 aliphatic rings. The van der Waals surface area contributed by atoms with E-state index in [1.807, 2.05) is 49.4 Å². The Bertz CT molecular complexity index is 833. The Kier molecular flexibility index (Phi) is 4.61. The molecule has 5 heteroatoms. The van der Waals surface area contributed by atoms with Gasteiger partial charge in [0, 0.05) is 19.2 Å². The topological polar surface area (TPSA) is 62.1 Å². The molecular weight excluding hydrogens is 302 g/mol. The molecule has 0 radical (unpaired) electrons. The molecule has 0 bridgehead atoms. The van der Waals surface area contributed by atoms with E-state index in [9.17, 15) is 4.79 Å². The molecule has 3 aromatic rings. The van der Waals surface area contributed by atoms with E-state index in [0.717, 1.165) is 11.3 Å². The molecule has 0 unspecified atom stereocenters. The molecular formula is C19H19N3O2. The van der Waals surface area contributed by atoms with Crippen molar-refractivity contribution in [1.82, 2.24) is 15.1 Å². The van der Waals surface area contributed by atoms with Gasteiger partial charge in [-0.25, -0.2) is 0 Å². The van der Waals surface area contributed by atoms with Gasteiger partial charge in [0.2, 0.25) is 0 Å². The van der Waals surface area contributed by atoms with Gasteiger partial charge in [-0.15, -0.1) is 6.58 Å². The molecule has 5 nitrogen and oxygen atoms in total. The van der Waals surface area contributed by atoms with Crippen LogP contribution >= 0.6 is 0 Å². The van der Waals surface area contributed by atoms with Gasteiger partial charge in [0.15, 0.2) is 11.5 Å². The molecule has 0 atom stereocenters. The molecule has 0 saturated heterocycles. The van der Waals surface area contributed by atoms with Crippen molar-refractivity contribution in [2.45, 2.75) is 13.5 Å². The summed E-state index contributed by atoms with van der Waals surface area (Å²) in [4.78, 5) is 14.5. The molecule has 0 aliphatic carbocycles. The number of amides is 1. The maximum Gasteiger partial charge on any atom is 0.274 e. The lowest BCUT2D eigenvalue weighted by molar-refractivity contribution is 0.0757. The molecule has 1 aromatic carbocycles. The minimum absolute atomic E-state index is 0.149. The lowest BCUT2D eigenvalue weighted by Crippen LogP contribution is -2.31. The molecule has 2 aromatic heterocycles. The summed E-state index contributed by atoms with van der Waals surface area (Å²) in [6, 6.07) is 15.3. The summed E-state index contributed by atoms with van der Waals surface area (Å²) in [5.74, 6) is 1.33. The summed E-state index contributed by atoms with van der Waals surface area (Å²) in [5, 5.41) is 7.00. The molecule has 2 heterocycles. The van der Waals surface area contributed by atoms with Crippen LogP contribution in [-0.4, -0.2) is 27.5 Å². The molecule has 0 saturated carbocycles. The van der Waals surface area contributed by atoms with Crippen LogP contribution in [0.25, 0.3) is 11.5 Å². The van der Waals surface area contributed by atoms with Gasteiger partial charge in [0.25, 0.3) is 5.91 Å². The number of furan rings is 1. The average molecular weight is 321 g/mol. The number of hydrogen-bond donors (Lipinski definition) is 1. The molecule has 122 valence electrons. The van der Waals surface area contributed by atoms with Gasteiger partial charge in [0.1, 0.15) is 11.5 Å². The lowest BCUT2D eigenvalue weighted by atomic mass is 10.2. The summed E-state index contributed by atoms with van der Waals surface area (Å²) >= 11 is 0. The van der Waals surface area contributed by atoms with E-state index in [0.29, 0.717) is 30.2 Å². The number of hydrogen-bond acceptors (Lipinski definition) is 3. The summed E-state index contributed by atoms with van der Waals surface area (Å²) in [5.41, 5.74) is 2.10. The number of aryl methyl sites for hydroxylation is 1. The van der Waals surface area contributed by atoms with Crippen molar-refractivity contribution in [2.75, 3.05) is 6.54 Å². The smallest absolute Gasteiger partial charge is 0.274 e. The average Bonchev–Trinajstić information content (AvgIpc) is 3.23. The summed E-state index contributed by atoms with van der Waals surface area (Å²) < 4.78 is 5.55. The molecule has 3 rings (SSSR count). The first kappa shape index (κ1) is 15.8. The second kappa shape index (κ2) is 7.00. The van der Waals surface area contributed by atoms with Crippen LogP contribution in [0.2, 0.25) is 0 Å². The first-order valence-corrected chi connectivity index (χ1v) is 7.73. The van der Waals surface area contributed by atoms with Gasteiger partial charge in [-0.2, -0.15) is 5.10 Å². The maximum absolute atomic E-state index is 12.8. The third kappa shape index (κ3) is 3.46. The molecule has 1 amide bonds. The van der Waals surface area contributed by atoms with Gasteiger partial charge < -0.3 is 9.32 Å². The monoisotopic (exact) mass is 321 g/mol. The first-order chi connectivity index (χ1) is 11.7. The number of nitrogens with one attached hydrogen (secondary N) is 1. The Morgan fingerprint density at radius 3 is 2.75 bits per heavy atom. The van der Waals surface area contributed by atoms with Crippen LogP contribution in [0.5, 0.6) is 0 Å². The number of carbonyl (C=O) groups is 1. The fourth-order valence-corrected chi connectivity index (χ4v) is 2.48. The quantitative estimate of drug-likeness (QED) is 0.702. The Morgan fingerprint density at radius 1 is 1.29 bits per heavy atom. The number of H-pyrrole nitrogens is 1. The van der Waals surface area contributed by atoms with Crippen LogP contribution in [0.1, 0.15) is 21.8 Å². The van der Waals surface area contributed by atoms with Gasteiger partial charge in [0.05, 0.1) is 0 Å². The fraction of sp³-hybridized carbons (Fsp3) is 0.158. The lowest BCUT2D eigenvalue weighted by Gasteiger charge is -2.20. The third-order valence-electron chi connectivity index (χ3n) is 3.66. The zero-order chi connectivity index (χ0) is 16.9. The normalized spacial score (nSPS) is 10.5. The van der Waals surface area contributed by atoms with Crippen molar-refractivity contribution in [1.29, 1.82) is 0 Å². The highest BCUT2D eigenvalue weighted by Gasteiger charge is 2.19. The highest BCUT2D eigenvalue weighted by molar-refractivity contribution is 5.93. The second-order valence-corrected chi connectivity index (χ2v) is 5.54. The van der Waals surface area contributed by atoms with Crippen LogP contribution < -0.4 is 0 Å². The van der Waals surface area contributed by atoms with Crippen LogP contribution in [0, 0.1) is 6.92 Å². The van der Waals surface area contributed by atoms with Crippen molar-refractivity contribution < 1.29 is 9.21 Å². The van der Waals surface area contributed by atoms with E-state index in [-0.39, 0.29) is 5.91 Å². The number of rotatable bonds is 6. The highest BCUT2D eigenvalue weighted by Crippen LogP contribution is 2.21. The SMILES string of the molecule is C=CCN(Cc1ccccc1)C(=O)c1cc(-c2ccc(C)o2)[nH]n1. The van der Waals surface area contributed by atoms with Crippen molar-refractivity contribution in [3.63, 3.8) is 0 Å². The van der Waals surface area contributed by atoms with Crippen molar-refractivity contribution >= 4 is 5.91 Å². The van der Waals surface area contributed by atoms with E-state index in [1.165, 1.54) is 0 Å². The standard InChI is InChI=1S/C19H19N3O2/c1-3-11-22(13-15-7-5-4-6-8-15)19(23)17-12-16(20-21-17)18-10-9-14(2)24-18/h3-10,12H,1,11,13H2,2H3,(H,20,21). The Balaban J connectivity index is 1.80. The second-order valence-electron chi connectivity index (χ2n) is 5.54. The number of carbonyl (C=O) groups excluding carboxylic acids is 1. The van der Waals surface area contributed by atoms with E-state index in [1.54, 1.807) is 17.0 Å². The van der Waals surface area contributed by atoms with Crippen LogP contribution in [0.3, 0.4) is 0 Å². The summed E-state index contributed by atoms with van der Waals surface area (Å²) in [7, 11) is 0. The van der Waals surface area contributed by atoms with Crippen molar-refractivity contribution in [3.05, 3.63) is 78.2 Å². The van der Waals surface area contributed by atoms with Crippen LogP contribution in [-0.2, 0) is 6.54 Å². The number of aromatic amines is 1. The van der Waals surface area contributed by atoms with Gasteiger partial charge >= 0.3 is 0 Å². The van der Waals surface area contributed by atoms with E-state index >= 15 is 0 Å². The van der Waals surface area contributed by atoms with E-state index in [4.69, 9.17) is 4.42 Å². The maximum atomic E-state index is 12.8. The fourth-order valence-electron chi connectivity index (χ4n) is 2.48. The first-order valence-electron chi connectivity index (χ1n) is 7.73. The molecule has 0 spiro atoms. The largest absolute Gasteiger partial charge is 0.460 e. The van der Waals surface area contributed by atoms with Crippen LogP contribution in [0.4, 0.5) is 0 Å². The summed E-state index contributed by atoms with van der Waals surface area (Å²) in [6.07, 6.45) is 1.71. The summed E-state index contributed by atoms with van der Waals surface area (Å²) in [6.45, 7) is 6.57. The van der Waals surface area contributed by atoms with Crippen molar-refractivity contribution in [3.8, 4) is 11.5 Å². The number of nitrogens with zero attached hydrogens (tertiary/aromatic N) is 2. The highest BCUT2D eigenvalue weighted by atomic mass is 16.3. The predicted molar refractivity (Wildman–Crippen MR) is 92.4 cm³/mol. The van der Waals surface area contributed by atoms with Crippen LogP contribution in [0.15, 0.2) is 65.6 Å². The molecule has 24 heavy (non-hydrogen) atoms. The Hall–Kier alpha value is -3.08. The molecule has 0 aliphatic heterocycles. The van der Waals surface area contributed by atoms with Gasteiger partial charge in [-0.3, -0.25) is 9.89 Å². The molecule has 1 N–H and O–H groups in total. The van der Waals surface area contributed by atoms with Gasteiger partial charge in [-0.1, -0.05) is 36.4 Å². The zero-order valence-electron chi connectivity index (χ0n) is 13.5. The predicted octanol–water partition coefficient (Wildman–Crippen LogP) is 3.81. The zero-order valence-corrected chi connectivity index (χ0v) is 13.5. The third-order valence-corrected chi connectivity index (χ3v) is 3.66. The number of benzene rings is 1. The Morgan fingerprint density at radius 2 is 2.08 bits per heavy atom. The van der Waals surface area contributed by atoms with E-state index < -0.39 is 0 Å². The van der Waals surface area contributed by atoms with E-state index in [2.05, 4.69) is 16.8 Å². The minimum Gasteiger partial charge on any atom is -0.460 e. The molecule has 0 fully saturated rings. The Labute approximate surface area is 140 Å². The van der Waals surface area contributed by atoms with Gasteiger partial charge in [-0.05, 0) is 24.6 Å². The van der Waals surface area contributed by atoms with Crippen molar-refractivity contribution in [2.24, 2.45) is 0 Å².